The number of anilines is 1. The van der Waals surface area contributed by atoms with Crippen LogP contribution in [0.15, 0.2) is 28.2 Å². The number of carboxylic acids is 1. The van der Waals surface area contributed by atoms with Gasteiger partial charge in [-0.3, -0.25) is 9.69 Å². The Morgan fingerprint density at radius 1 is 1.24 bits per heavy atom. The van der Waals surface area contributed by atoms with Gasteiger partial charge in [0.1, 0.15) is 17.9 Å². The van der Waals surface area contributed by atoms with Crippen LogP contribution in [0.4, 0.5) is 10.1 Å². The van der Waals surface area contributed by atoms with Crippen molar-refractivity contribution in [3.05, 3.63) is 45.0 Å². The maximum atomic E-state index is 15.2. The number of hydrogen-bond acceptors (Lipinski definition) is 5. The molecule has 0 bridgehead atoms. The van der Waals surface area contributed by atoms with Gasteiger partial charge in [-0.1, -0.05) is 0 Å². The molecule has 0 saturated carbocycles. The molecule has 0 saturated heterocycles. The Bertz CT molecular complexity index is 1120. The summed E-state index contributed by atoms with van der Waals surface area (Å²) in [5, 5.41) is 9.42. The summed E-state index contributed by atoms with van der Waals surface area (Å²) in [7, 11) is 2.06. The van der Waals surface area contributed by atoms with Gasteiger partial charge >= 0.3 is 5.97 Å². The number of ether oxygens (including phenoxy) is 1. The van der Waals surface area contributed by atoms with Crippen molar-refractivity contribution in [3.8, 4) is 5.75 Å². The molecular formula is C20H21ClFN3O4. The molecule has 0 amide bonds. The normalized spacial score (nSPS) is 20.7. The Balaban J connectivity index is 0.00000205. The first kappa shape index (κ1) is 19.7. The average Bonchev–Trinajstić information content (AvgIpc) is 3.16. The first-order valence-electron chi connectivity index (χ1n) is 9.26. The van der Waals surface area contributed by atoms with Crippen molar-refractivity contribution >= 4 is 35.0 Å². The van der Waals surface area contributed by atoms with Gasteiger partial charge in [-0.05, 0) is 31.2 Å². The number of hydrogen-bond donors (Lipinski definition) is 1. The molecule has 5 rings (SSSR count). The summed E-state index contributed by atoms with van der Waals surface area (Å²) < 4.78 is 22.8. The lowest BCUT2D eigenvalue weighted by molar-refractivity contribution is 0.0694. The van der Waals surface area contributed by atoms with Crippen LogP contribution in [0.5, 0.6) is 5.75 Å². The third-order valence-electron chi connectivity index (χ3n) is 5.87. The van der Waals surface area contributed by atoms with Crippen molar-refractivity contribution in [2.24, 2.45) is 0 Å². The minimum atomic E-state index is -1.32. The Hall–Kier alpha value is -2.58. The van der Waals surface area contributed by atoms with E-state index >= 15 is 4.39 Å². The van der Waals surface area contributed by atoms with Crippen molar-refractivity contribution < 1.29 is 19.0 Å². The van der Waals surface area contributed by atoms with Crippen LogP contribution in [0.2, 0.25) is 0 Å². The van der Waals surface area contributed by atoms with E-state index in [1.807, 2.05) is 11.8 Å². The van der Waals surface area contributed by atoms with Crippen LogP contribution in [0.3, 0.4) is 0 Å². The molecule has 29 heavy (non-hydrogen) atoms. The standard InChI is InChI=1S/C20H20FN3O4.ClH/c1-10-9-28-19-16-13(18(25)14(20(26)27)8-24(10)16)3-15(21)17(19)23-6-11-4-22(2)5-12(11)7-23;/h3,8,10H,4-7,9H2,1-2H3,(H,26,27);1H/t10-;/m0./s1. The molecule has 2 aromatic rings. The van der Waals surface area contributed by atoms with E-state index in [9.17, 15) is 14.7 Å². The van der Waals surface area contributed by atoms with Crippen molar-refractivity contribution in [1.29, 1.82) is 0 Å². The lowest BCUT2D eigenvalue weighted by Gasteiger charge is -2.31. The van der Waals surface area contributed by atoms with E-state index in [1.54, 1.807) is 4.57 Å². The summed E-state index contributed by atoms with van der Waals surface area (Å²) in [4.78, 5) is 28.3. The van der Waals surface area contributed by atoms with Crippen LogP contribution in [0.25, 0.3) is 10.9 Å². The summed E-state index contributed by atoms with van der Waals surface area (Å²) >= 11 is 0. The Labute approximate surface area is 172 Å². The zero-order valence-electron chi connectivity index (χ0n) is 16.1. The molecule has 1 aromatic heterocycles. The second-order valence-corrected chi connectivity index (χ2v) is 7.91. The number of pyridine rings is 1. The van der Waals surface area contributed by atoms with Gasteiger partial charge in [0.05, 0.1) is 16.9 Å². The monoisotopic (exact) mass is 421 g/mol. The number of carbonyl (C=O) groups is 1. The highest BCUT2D eigenvalue weighted by atomic mass is 35.5. The summed E-state index contributed by atoms with van der Waals surface area (Å²) in [6, 6.07) is 0.999. The third-order valence-corrected chi connectivity index (χ3v) is 5.87. The Morgan fingerprint density at radius 2 is 1.90 bits per heavy atom. The van der Waals surface area contributed by atoms with Crippen LogP contribution in [-0.4, -0.2) is 60.4 Å². The number of aromatic nitrogens is 1. The van der Waals surface area contributed by atoms with Gasteiger partial charge in [0.15, 0.2) is 11.6 Å². The minimum absolute atomic E-state index is 0. The van der Waals surface area contributed by atoms with Crippen LogP contribution < -0.4 is 15.1 Å². The number of benzene rings is 1. The maximum Gasteiger partial charge on any atom is 0.341 e. The molecule has 3 aliphatic rings. The van der Waals surface area contributed by atoms with Crippen LogP contribution in [-0.2, 0) is 0 Å². The second kappa shape index (κ2) is 6.74. The summed E-state index contributed by atoms with van der Waals surface area (Å²) in [5.41, 5.74) is 2.38. The fourth-order valence-electron chi connectivity index (χ4n) is 4.59. The molecule has 154 valence electrons. The molecule has 0 radical (unpaired) electrons. The molecule has 7 nitrogen and oxygen atoms in total. The number of aromatic carboxylic acids is 1. The van der Waals surface area contributed by atoms with Gasteiger partial charge in [0.25, 0.3) is 0 Å². The number of halogens is 2. The molecule has 0 aliphatic carbocycles. The Morgan fingerprint density at radius 3 is 2.52 bits per heavy atom. The highest BCUT2D eigenvalue weighted by Gasteiger charge is 2.34. The van der Waals surface area contributed by atoms with E-state index < -0.39 is 17.2 Å². The van der Waals surface area contributed by atoms with E-state index in [4.69, 9.17) is 4.74 Å². The quantitative estimate of drug-likeness (QED) is 0.750. The molecular weight excluding hydrogens is 401 g/mol. The lowest BCUT2D eigenvalue weighted by atomic mass is 10.1. The van der Waals surface area contributed by atoms with Crippen molar-refractivity contribution in [3.63, 3.8) is 0 Å². The summed E-state index contributed by atoms with van der Waals surface area (Å²) in [5.74, 6) is -1.54. The van der Waals surface area contributed by atoms with Gasteiger partial charge in [-0.25, -0.2) is 9.18 Å². The number of rotatable bonds is 2. The van der Waals surface area contributed by atoms with Gasteiger partial charge in [-0.15, -0.1) is 12.4 Å². The highest BCUT2D eigenvalue weighted by Crippen LogP contribution is 2.43. The van der Waals surface area contributed by atoms with Gasteiger partial charge in [-0.2, -0.15) is 0 Å². The molecule has 1 N–H and O–H groups in total. The molecule has 0 spiro atoms. The van der Waals surface area contributed by atoms with Gasteiger partial charge < -0.3 is 19.3 Å². The van der Waals surface area contributed by atoms with Crippen molar-refractivity contribution in [2.45, 2.75) is 13.0 Å². The highest BCUT2D eigenvalue weighted by molar-refractivity contribution is 5.97. The smallest absolute Gasteiger partial charge is 0.341 e. The SMILES string of the molecule is C[C@H]1COc2c(N3CC4=C(CN(C)C4)C3)c(F)cc3c(=O)c(C(=O)O)cn1c23.Cl. The molecule has 4 heterocycles. The zero-order chi connectivity index (χ0) is 19.7. The number of carboxylic acid groups (broad SMARTS) is 1. The molecule has 0 fully saturated rings. The summed E-state index contributed by atoms with van der Waals surface area (Å²) in [6.45, 7) is 5.17. The van der Waals surface area contributed by atoms with E-state index in [0.29, 0.717) is 30.0 Å². The van der Waals surface area contributed by atoms with Crippen molar-refractivity contribution in [2.75, 3.05) is 44.7 Å². The predicted molar refractivity (Wildman–Crippen MR) is 109 cm³/mol. The predicted octanol–water partition coefficient (Wildman–Crippen LogP) is 2.28. The van der Waals surface area contributed by atoms with Crippen LogP contribution >= 0.6 is 12.4 Å². The fourth-order valence-corrected chi connectivity index (χ4v) is 4.59. The maximum absolute atomic E-state index is 15.2. The molecule has 3 aliphatic heterocycles. The Kier molecular flexibility index (Phi) is 4.59. The summed E-state index contributed by atoms with van der Waals surface area (Å²) in [6.07, 6.45) is 1.35. The van der Waals surface area contributed by atoms with E-state index in [0.717, 1.165) is 19.2 Å². The lowest BCUT2D eigenvalue weighted by Crippen LogP contribution is -2.31. The molecule has 1 aromatic carbocycles. The van der Waals surface area contributed by atoms with E-state index in [1.165, 1.54) is 17.3 Å². The third kappa shape index (κ3) is 2.81. The average molecular weight is 422 g/mol. The fraction of sp³-hybridized carbons (Fsp3) is 0.400. The van der Waals surface area contributed by atoms with Crippen LogP contribution in [0.1, 0.15) is 23.3 Å². The number of nitrogens with zero attached hydrogens (tertiary/aromatic N) is 3. The van der Waals surface area contributed by atoms with Gasteiger partial charge in [0, 0.05) is 32.4 Å². The van der Waals surface area contributed by atoms with Gasteiger partial charge in [0.2, 0.25) is 5.43 Å². The largest absolute Gasteiger partial charge is 0.487 e. The van der Waals surface area contributed by atoms with E-state index in [-0.39, 0.29) is 36.0 Å². The van der Waals surface area contributed by atoms with Crippen LogP contribution in [0, 0.1) is 5.82 Å². The first-order chi connectivity index (χ1) is 13.3. The molecule has 9 heteroatoms. The first-order valence-corrected chi connectivity index (χ1v) is 9.26. The second-order valence-electron chi connectivity index (χ2n) is 7.91. The molecule has 1 atom stereocenters. The van der Waals surface area contributed by atoms with Crippen molar-refractivity contribution in [1.82, 2.24) is 9.47 Å². The zero-order valence-corrected chi connectivity index (χ0v) is 16.9. The molecule has 0 unspecified atom stereocenters. The minimum Gasteiger partial charge on any atom is -0.487 e. The number of likely N-dealkylation sites (N-methyl/N-ethyl adjacent to an activating group) is 1. The topological polar surface area (TPSA) is 75.0 Å². The van der Waals surface area contributed by atoms with E-state index in [2.05, 4.69) is 11.9 Å².